The number of hydrogen-bond donors (Lipinski definition) is 3. The number of halogens is 2. The standard InChI is InChI=1S/C25H35F2N5O3/c1-14(2)7-10-22(33)30-20(12-23(34)32(6)15(3)4)25(35)29-16(5)24-28-13-21(31-24)18-9-8-17(26)11-19(18)27/h8-9,11,13-16,20H,7,10,12H2,1-6H3,(H,28,31)(H,29,35)(H,30,33). The van der Waals surface area contributed by atoms with Gasteiger partial charge in [0.15, 0.2) is 0 Å². The molecule has 0 saturated heterocycles. The lowest BCUT2D eigenvalue weighted by molar-refractivity contribution is -0.136. The highest BCUT2D eigenvalue weighted by molar-refractivity contribution is 5.92. The Kier molecular flexibility index (Phi) is 9.91. The topological polar surface area (TPSA) is 107 Å². The van der Waals surface area contributed by atoms with Gasteiger partial charge in [-0.2, -0.15) is 0 Å². The fourth-order valence-electron chi connectivity index (χ4n) is 3.29. The third-order valence-corrected chi connectivity index (χ3v) is 5.73. The zero-order valence-electron chi connectivity index (χ0n) is 21.1. The molecule has 10 heteroatoms. The lowest BCUT2D eigenvalue weighted by atomic mass is 10.1. The Morgan fingerprint density at radius 2 is 1.77 bits per heavy atom. The number of H-pyrrole nitrogens is 1. The van der Waals surface area contributed by atoms with Crippen molar-refractivity contribution in [3.63, 3.8) is 0 Å². The van der Waals surface area contributed by atoms with Crippen LogP contribution in [0.5, 0.6) is 0 Å². The van der Waals surface area contributed by atoms with Crippen molar-refractivity contribution in [2.45, 2.75) is 72.0 Å². The molecule has 0 spiro atoms. The molecular formula is C25H35F2N5O3. The van der Waals surface area contributed by atoms with E-state index in [1.807, 2.05) is 27.7 Å². The molecule has 0 aliphatic carbocycles. The van der Waals surface area contributed by atoms with E-state index >= 15 is 0 Å². The van der Waals surface area contributed by atoms with Gasteiger partial charge in [-0.3, -0.25) is 14.4 Å². The molecule has 2 unspecified atom stereocenters. The lowest BCUT2D eigenvalue weighted by Crippen LogP contribution is -2.50. The number of carbonyl (C=O) groups excluding carboxylic acids is 3. The minimum absolute atomic E-state index is 0.0600. The maximum Gasteiger partial charge on any atom is 0.243 e. The molecule has 1 aromatic heterocycles. The fraction of sp³-hybridized carbons (Fsp3) is 0.520. The first kappa shape index (κ1) is 27.9. The average Bonchev–Trinajstić information content (AvgIpc) is 3.26. The summed E-state index contributed by atoms with van der Waals surface area (Å²) in [6.07, 6.45) is 2.10. The summed E-state index contributed by atoms with van der Waals surface area (Å²) in [5, 5.41) is 5.44. The average molecular weight is 492 g/mol. The molecule has 1 aromatic carbocycles. The molecule has 0 fully saturated rings. The molecule has 2 aromatic rings. The van der Waals surface area contributed by atoms with E-state index < -0.39 is 29.6 Å². The Morgan fingerprint density at radius 1 is 1.09 bits per heavy atom. The number of imidazole rings is 1. The van der Waals surface area contributed by atoms with Gasteiger partial charge < -0.3 is 20.5 Å². The molecule has 2 rings (SSSR count). The zero-order valence-corrected chi connectivity index (χ0v) is 21.1. The number of rotatable bonds is 11. The van der Waals surface area contributed by atoms with Gasteiger partial charge in [0.25, 0.3) is 0 Å². The van der Waals surface area contributed by atoms with Crippen molar-refractivity contribution in [2.75, 3.05) is 7.05 Å². The maximum atomic E-state index is 14.1. The Bertz CT molecular complexity index is 1040. The summed E-state index contributed by atoms with van der Waals surface area (Å²) in [7, 11) is 1.64. The van der Waals surface area contributed by atoms with E-state index in [9.17, 15) is 23.2 Å². The Morgan fingerprint density at radius 3 is 2.37 bits per heavy atom. The molecule has 8 nitrogen and oxygen atoms in total. The van der Waals surface area contributed by atoms with Crippen molar-refractivity contribution < 1.29 is 23.2 Å². The molecule has 192 valence electrons. The predicted octanol–water partition coefficient (Wildman–Crippen LogP) is 3.71. The van der Waals surface area contributed by atoms with Gasteiger partial charge >= 0.3 is 0 Å². The molecule has 0 bridgehead atoms. The van der Waals surface area contributed by atoms with Crippen LogP contribution in [0.25, 0.3) is 11.3 Å². The SMILES string of the molecule is CC(C)CCC(=O)NC(CC(=O)N(C)C(C)C)C(=O)NC(C)c1ncc(-c2ccc(F)cc2F)[nH]1. The summed E-state index contributed by atoms with van der Waals surface area (Å²) in [5.41, 5.74) is 0.465. The van der Waals surface area contributed by atoms with E-state index in [4.69, 9.17) is 0 Å². The first-order chi connectivity index (χ1) is 16.4. The number of nitrogens with zero attached hydrogens (tertiary/aromatic N) is 2. The highest BCUT2D eigenvalue weighted by Gasteiger charge is 2.28. The van der Waals surface area contributed by atoms with Crippen LogP contribution in [0.4, 0.5) is 8.78 Å². The van der Waals surface area contributed by atoms with Crippen LogP contribution < -0.4 is 10.6 Å². The minimum atomic E-state index is -1.06. The maximum absolute atomic E-state index is 14.1. The van der Waals surface area contributed by atoms with Crippen LogP contribution >= 0.6 is 0 Å². The molecule has 0 saturated carbocycles. The van der Waals surface area contributed by atoms with Gasteiger partial charge in [0.1, 0.15) is 23.5 Å². The summed E-state index contributed by atoms with van der Waals surface area (Å²) in [6, 6.07) is 1.46. The van der Waals surface area contributed by atoms with Crippen LogP contribution in [0.1, 0.15) is 65.7 Å². The van der Waals surface area contributed by atoms with Crippen LogP contribution in [0.3, 0.4) is 0 Å². The van der Waals surface area contributed by atoms with E-state index in [2.05, 4.69) is 20.6 Å². The van der Waals surface area contributed by atoms with E-state index in [-0.39, 0.29) is 36.3 Å². The highest BCUT2D eigenvalue weighted by Crippen LogP contribution is 2.23. The second-order valence-corrected chi connectivity index (χ2v) is 9.39. The van der Waals surface area contributed by atoms with Crippen molar-refractivity contribution in [3.05, 3.63) is 41.9 Å². The Balaban J connectivity index is 2.14. The largest absolute Gasteiger partial charge is 0.345 e. The van der Waals surface area contributed by atoms with Crippen LogP contribution in [0.15, 0.2) is 24.4 Å². The van der Waals surface area contributed by atoms with E-state index in [0.717, 1.165) is 12.1 Å². The molecular weight excluding hydrogens is 456 g/mol. The third kappa shape index (κ3) is 8.15. The van der Waals surface area contributed by atoms with E-state index in [1.54, 1.807) is 14.0 Å². The summed E-state index contributed by atoms with van der Waals surface area (Å²) >= 11 is 0. The monoisotopic (exact) mass is 491 g/mol. The van der Waals surface area contributed by atoms with E-state index in [1.165, 1.54) is 17.2 Å². The summed E-state index contributed by atoms with van der Waals surface area (Å²) in [6.45, 7) is 9.37. The molecule has 1 heterocycles. The van der Waals surface area contributed by atoms with Crippen molar-refractivity contribution in [1.82, 2.24) is 25.5 Å². The first-order valence-corrected chi connectivity index (χ1v) is 11.7. The van der Waals surface area contributed by atoms with Crippen molar-refractivity contribution >= 4 is 17.7 Å². The predicted molar refractivity (Wildman–Crippen MR) is 129 cm³/mol. The summed E-state index contributed by atoms with van der Waals surface area (Å²) in [4.78, 5) is 46.8. The number of carbonyl (C=O) groups is 3. The third-order valence-electron chi connectivity index (χ3n) is 5.73. The fourth-order valence-corrected chi connectivity index (χ4v) is 3.29. The van der Waals surface area contributed by atoms with Gasteiger partial charge in [-0.1, -0.05) is 13.8 Å². The van der Waals surface area contributed by atoms with Crippen LogP contribution in [0.2, 0.25) is 0 Å². The highest BCUT2D eigenvalue weighted by atomic mass is 19.1. The normalized spacial score (nSPS) is 13.0. The summed E-state index contributed by atoms with van der Waals surface area (Å²) < 4.78 is 27.3. The number of aromatic nitrogens is 2. The molecule has 3 N–H and O–H groups in total. The molecule has 0 aliphatic heterocycles. The number of hydrogen-bond acceptors (Lipinski definition) is 4. The van der Waals surface area contributed by atoms with Crippen molar-refractivity contribution in [3.8, 4) is 11.3 Å². The number of amides is 3. The molecule has 3 amide bonds. The zero-order chi connectivity index (χ0) is 26.3. The van der Waals surface area contributed by atoms with Crippen molar-refractivity contribution in [1.29, 1.82) is 0 Å². The van der Waals surface area contributed by atoms with Crippen LogP contribution in [-0.4, -0.2) is 51.7 Å². The molecule has 0 aliphatic rings. The van der Waals surface area contributed by atoms with Gasteiger partial charge in [-0.25, -0.2) is 13.8 Å². The number of benzene rings is 1. The molecule has 35 heavy (non-hydrogen) atoms. The second-order valence-electron chi connectivity index (χ2n) is 9.39. The Labute approximate surface area is 204 Å². The smallest absolute Gasteiger partial charge is 0.243 e. The Hall–Kier alpha value is -3.30. The number of nitrogens with one attached hydrogen (secondary N) is 3. The number of aromatic amines is 1. The quantitative estimate of drug-likeness (QED) is 0.445. The van der Waals surface area contributed by atoms with Crippen molar-refractivity contribution in [2.24, 2.45) is 5.92 Å². The summed E-state index contributed by atoms with van der Waals surface area (Å²) in [5.74, 6) is -1.89. The molecule has 2 atom stereocenters. The van der Waals surface area contributed by atoms with Gasteiger partial charge in [0.2, 0.25) is 17.7 Å². The van der Waals surface area contributed by atoms with Gasteiger partial charge in [-0.05, 0) is 45.2 Å². The van der Waals surface area contributed by atoms with Gasteiger partial charge in [-0.15, -0.1) is 0 Å². The van der Waals surface area contributed by atoms with Gasteiger partial charge in [0, 0.05) is 31.1 Å². The van der Waals surface area contributed by atoms with Crippen LogP contribution in [0, 0.1) is 17.6 Å². The van der Waals surface area contributed by atoms with Gasteiger partial charge in [0.05, 0.1) is 24.4 Å². The lowest BCUT2D eigenvalue weighted by Gasteiger charge is -2.25. The minimum Gasteiger partial charge on any atom is -0.345 e. The first-order valence-electron chi connectivity index (χ1n) is 11.7. The molecule has 0 radical (unpaired) electrons. The van der Waals surface area contributed by atoms with Crippen LogP contribution in [-0.2, 0) is 14.4 Å². The second kappa shape index (κ2) is 12.4. The van der Waals surface area contributed by atoms with E-state index in [0.29, 0.717) is 23.9 Å².